The third-order valence-corrected chi connectivity index (χ3v) is 5.89. The van der Waals surface area contributed by atoms with Crippen molar-refractivity contribution in [2.45, 2.75) is 59.4 Å². The highest BCUT2D eigenvalue weighted by Crippen LogP contribution is 2.68. The molecule has 2 rings (SSSR count). The van der Waals surface area contributed by atoms with Gasteiger partial charge in [-0.05, 0) is 36.5 Å². The van der Waals surface area contributed by atoms with Crippen LogP contribution in [0.5, 0.6) is 0 Å². The summed E-state index contributed by atoms with van der Waals surface area (Å²) in [5, 5.41) is 3.18. The van der Waals surface area contributed by atoms with E-state index in [9.17, 15) is 9.59 Å². The molecule has 0 atom stereocenters. The van der Waals surface area contributed by atoms with Crippen LogP contribution in [-0.2, 0) is 14.3 Å². The Kier molecular flexibility index (Phi) is 3.87. The van der Waals surface area contributed by atoms with Crippen LogP contribution in [0.2, 0.25) is 0 Å². The highest BCUT2D eigenvalue weighted by molar-refractivity contribution is 5.84. The predicted molar refractivity (Wildman–Crippen MR) is 77.0 cm³/mol. The zero-order valence-electron chi connectivity index (χ0n) is 13.3. The van der Waals surface area contributed by atoms with Gasteiger partial charge in [-0.2, -0.15) is 0 Å². The Hall–Kier alpha value is -1.06. The van der Waals surface area contributed by atoms with E-state index in [0.29, 0.717) is 0 Å². The maximum Gasteiger partial charge on any atom is 0.308 e. The maximum absolute atomic E-state index is 12.4. The topological polar surface area (TPSA) is 55.4 Å². The lowest BCUT2D eigenvalue weighted by Crippen LogP contribution is -2.40. The molecule has 0 saturated heterocycles. The first-order valence-electron chi connectivity index (χ1n) is 7.60. The third-order valence-electron chi connectivity index (χ3n) is 5.89. The number of amides is 1. The lowest BCUT2D eigenvalue weighted by atomic mass is 9.86. The lowest BCUT2D eigenvalue weighted by molar-refractivity contribution is -0.146. The smallest absolute Gasteiger partial charge is 0.308 e. The van der Waals surface area contributed by atoms with Crippen LogP contribution in [0.25, 0.3) is 0 Å². The molecule has 0 aromatic carbocycles. The number of nitrogens with one attached hydrogen (secondary N) is 1. The van der Waals surface area contributed by atoms with Crippen molar-refractivity contribution in [3.05, 3.63) is 0 Å². The Balaban J connectivity index is 1.82. The predicted octanol–water partition coefficient (Wildman–Crippen LogP) is 2.52. The van der Waals surface area contributed by atoms with Gasteiger partial charge in [0.1, 0.15) is 0 Å². The van der Waals surface area contributed by atoms with Crippen LogP contribution < -0.4 is 5.32 Å². The number of esters is 1. The molecule has 0 aromatic rings. The van der Waals surface area contributed by atoms with Crippen molar-refractivity contribution in [2.75, 3.05) is 7.11 Å². The summed E-state index contributed by atoms with van der Waals surface area (Å²) in [6.45, 7) is 8.63. The van der Waals surface area contributed by atoms with Gasteiger partial charge < -0.3 is 10.1 Å². The molecule has 1 amide bonds. The number of rotatable bonds is 3. The van der Waals surface area contributed by atoms with Gasteiger partial charge in [0, 0.05) is 12.0 Å². The molecule has 0 aromatic heterocycles. The first-order valence-corrected chi connectivity index (χ1v) is 7.60. The van der Waals surface area contributed by atoms with Crippen LogP contribution in [0.1, 0.15) is 53.4 Å². The fourth-order valence-electron chi connectivity index (χ4n) is 3.78. The fraction of sp³-hybridized carbons (Fsp3) is 0.875. The molecule has 1 N–H and O–H groups in total. The van der Waals surface area contributed by atoms with Gasteiger partial charge in [-0.25, -0.2) is 0 Å². The molecule has 4 nitrogen and oxygen atoms in total. The highest BCUT2D eigenvalue weighted by Gasteiger charge is 2.68. The van der Waals surface area contributed by atoms with Gasteiger partial charge in [0.25, 0.3) is 0 Å². The SMILES string of the molecule is COC(=O)C1CCC(NC(=O)C2C(C)(C)C2(C)C)CC1. The van der Waals surface area contributed by atoms with Crippen LogP contribution in [0.3, 0.4) is 0 Å². The summed E-state index contributed by atoms with van der Waals surface area (Å²) in [5.41, 5.74) is 0.167. The van der Waals surface area contributed by atoms with Gasteiger partial charge >= 0.3 is 5.97 Å². The summed E-state index contributed by atoms with van der Waals surface area (Å²) in [6, 6.07) is 0.218. The van der Waals surface area contributed by atoms with Crippen molar-refractivity contribution < 1.29 is 14.3 Å². The van der Waals surface area contributed by atoms with Crippen molar-refractivity contribution in [3.8, 4) is 0 Å². The summed E-state index contributed by atoms with van der Waals surface area (Å²) in [6.07, 6.45) is 3.38. The minimum absolute atomic E-state index is 0.0157. The number of carbonyl (C=O) groups is 2. The van der Waals surface area contributed by atoms with Crippen LogP contribution in [0.4, 0.5) is 0 Å². The van der Waals surface area contributed by atoms with Gasteiger partial charge in [-0.1, -0.05) is 27.7 Å². The van der Waals surface area contributed by atoms with Crippen molar-refractivity contribution >= 4 is 11.9 Å². The van der Waals surface area contributed by atoms with Gasteiger partial charge in [0.15, 0.2) is 0 Å². The van der Waals surface area contributed by atoms with E-state index in [0.717, 1.165) is 25.7 Å². The molecule has 0 unspecified atom stereocenters. The Morgan fingerprint density at radius 2 is 1.50 bits per heavy atom. The number of methoxy groups -OCH3 is 1. The molecule has 0 heterocycles. The average molecular weight is 281 g/mol. The first kappa shape index (κ1) is 15.3. The summed E-state index contributed by atoms with van der Waals surface area (Å²) in [4.78, 5) is 23.8. The molecular formula is C16H27NO3. The Morgan fingerprint density at radius 1 is 1.00 bits per heavy atom. The molecular weight excluding hydrogens is 254 g/mol. The summed E-state index contributed by atoms with van der Waals surface area (Å²) in [7, 11) is 1.44. The minimum atomic E-state index is -0.112. The lowest BCUT2D eigenvalue weighted by Gasteiger charge is -2.27. The Bertz CT molecular complexity index is 392. The first-order chi connectivity index (χ1) is 9.21. The summed E-state index contributed by atoms with van der Waals surface area (Å²) >= 11 is 0. The second-order valence-corrected chi connectivity index (χ2v) is 7.46. The monoisotopic (exact) mass is 281 g/mol. The second kappa shape index (κ2) is 5.05. The van der Waals surface area contributed by atoms with Crippen molar-refractivity contribution in [3.63, 3.8) is 0 Å². The van der Waals surface area contributed by atoms with E-state index in [1.807, 2.05) is 0 Å². The molecule has 0 aliphatic heterocycles. The van der Waals surface area contributed by atoms with Crippen LogP contribution in [0.15, 0.2) is 0 Å². The highest BCUT2D eigenvalue weighted by atomic mass is 16.5. The van der Waals surface area contributed by atoms with Gasteiger partial charge in [-0.15, -0.1) is 0 Å². The Morgan fingerprint density at radius 3 is 1.90 bits per heavy atom. The molecule has 4 heteroatoms. The molecule has 0 radical (unpaired) electrons. The van der Waals surface area contributed by atoms with Gasteiger partial charge in [0.2, 0.25) is 5.91 Å². The van der Waals surface area contributed by atoms with E-state index >= 15 is 0 Å². The van der Waals surface area contributed by atoms with E-state index in [4.69, 9.17) is 4.74 Å². The number of hydrogen-bond acceptors (Lipinski definition) is 3. The minimum Gasteiger partial charge on any atom is -0.469 e. The largest absolute Gasteiger partial charge is 0.469 e. The molecule has 0 bridgehead atoms. The maximum atomic E-state index is 12.4. The van der Waals surface area contributed by atoms with Crippen LogP contribution >= 0.6 is 0 Å². The molecule has 0 spiro atoms. The van der Waals surface area contributed by atoms with Crippen LogP contribution in [0, 0.1) is 22.7 Å². The van der Waals surface area contributed by atoms with Gasteiger partial charge in [-0.3, -0.25) is 9.59 Å². The van der Waals surface area contributed by atoms with E-state index < -0.39 is 0 Å². The standard InChI is InChI=1S/C16H27NO3/c1-15(2)12(16(15,3)4)13(18)17-11-8-6-10(7-9-11)14(19)20-5/h10-12H,6-9H2,1-5H3,(H,17,18). The molecule has 2 aliphatic rings. The summed E-state index contributed by atoms with van der Waals surface area (Å²) in [5.74, 6) is 0.191. The van der Waals surface area contributed by atoms with E-state index in [-0.39, 0.29) is 40.6 Å². The molecule has 20 heavy (non-hydrogen) atoms. The second-order valence-electron chi connectivity index (χ2n) is 7.46. The van der Waals surface area contributed by atoms with Crippen molar-refractivity contribution in [1.82, 2.24) is 5.32 Å². The van der Waals surface area contributed by atoms with E-state index in [1.165, 1.54) is 7.11 Å². The fourth-order valence-corrected chi connectivity index (χ4v) is 3.78. The summed E-state index contributed by atoms with van der Waals surface area (Å²) < 4.78 is 4.78. The average Bonchev–Trinajstić information content (AvgIpc) is 2.79. The molecule has 2 aliphatic carbocycles. The van der Waals surface area contributed by atoms with E-state index in [1.54, 1.807) is 0 Å². The third kappa shape index (κ3) is 2.45. The van der Waals surface area contributed by atoms with Crippen LogP contribution in [-0.4, -0.2) is 25.0 Å². The molecule has 2 saturated carbocycles. The number of ether oxygens (including phenoxy) is 1. The number of carbonyl (C=O) groups excluding carboxylic acids is 2. The van der Waals surface area contributed by atoms with E-state index in [2.05, 4.69) is 33.0 Å². The Labute approximate surface area is 121 Å². The molecule has 114 valence electrons. The molecule has 2 fully saturated rings. The number of hydrogen-bond donors (Lipinski definition) is 1. The zero-order valence-corrected chi connectivity index (χ0v) is 13.3. The normalized spacial score (nSPS) is 31.4. The zero-order chi connectivity index (χ0) is 15.1. The van der Waals surface area contributed by atoms with Crippen molar-refractivity contribution in [1.29, 1.82) is 0 Å². The van der Waals surface area contributed by atoms with Crippen molar-refractivity contribution in [2.24, 2.45) is 22.7 Å². The van der Waals surface area contributed by atoms with Gasteiger partial charge in [0.05, 0.1) is 13.0 Å². The quantitative estimate of drug-likeness (QED) is 0.809.